The van der Waals surface area contributed by atoms with Gasteiger partial charge in [-0.05, 0) is 66.8 Å². The van der Waals surface area contributed by atoms with Gasteiger partial charge in [0.15, 0.2) is 0 Å². The van der Waals surface area contributed by atoms with E-state index in [9.17, 15) is 13.2 Å². The van der Waals surface area contributed by atoms with Crippen molar-refractivity contribution in [2.45, 2.75) is 24.2 Å². The molecule has 0 bridgehead atoms. The summed E-state index contributed by atoms with van der Waals surface area (Å²) in [5.74, 6) is 0.539. The third-order valence-corrected chi connectivity index (χ3v) is 6.82. The number of aryl methyl sites for hydroxylation is 2. The maximum Gasteiger partial charge on any atom is 0.261 e. The minimum absolute atomic E-state index is 0.185. The van der Waals surface area contributed by atoms with Gasteiger partial charge < -0.3 is 14.8 Å². The molecule has 4 rings (SSSR count). The highest BCUT2D eigenvalue weighted by Gasteiger charge is 2.21. The molecule has 0 unspecified atom stereocenters. The van der Waals surface area contributed by atoms with E-state index in [1.54, 1.807) is 54.6 Å². The van der Waals surface area contributed by atoms with Crippen LogP contribution < -0.4 is 19.5 Å². The Kier molecular flexibility index (Phi) is 6.05. The van der Waals surface area contributed by atoms with Crippen LogP contribution in [0.5, 0.6) is 11.5 Å². The van der Waals surface area contributed by atoms with Crippen LogP contribution in [0.2, 0.25) is 0 Å². The van der Waals surface area contributed by atoms with E-state index >= 15 is 0 Å². The molecule has 1 aliphatic carbocycles. The molecular formula is C24H24N2O5S. The van der Waals surface area contributed by atoms with Crippen LogP contribution in [-0.4, -0.2) is 28.5 Å². The van der Waals surface area contributed by atoms with Crippen molar-refractivity contribution in [3.8, 4) is 11.5 Å². The van der Waals surface area contributed by atoms with E-state index in [1.807, 2.05) is 6.07 Å². The number of para-hydroxylation sites is 1. The quantitative estimate of drug-likeness (QED) is 0.559. The van der Waals surface area contributed by atoms with Crippen LogP contribution in [0.1, 0.15) is 27.9 Å². The van der Waals surface area contributed by atoms with Crippen LogP contribution in [0.25, 0.3) is 0 Å². The van der Waals surface area contributed by atoms with Gasteiger partial charge >= 0.3 is 0 Å². The molecule has 32 heavy (non-hydrogen) atoms. The summed E-state index contributed by atoms with van der Waals surface area (Å²) in [6.07, 6.45) is 2.88. The molecule has 0 aromatic heterocycles. The van der Waals surface area contributed by atoms with Crippen LogP contribution in [0.4, 0.5) is 11.4 Å². The van der Waals surface area contributed by atoms with Crippen molar-refractivity contribution in [1.29, 1.82) is 0 Å². The molecule has 0 saturated carbocycles. The van der Waals surface area contributed by atoms with Gasteiger partial charge in [0.2, 0.25) is 0 Å². The number of hydrogen-bond donors (Lipinski definition) is 2. The molecule has 0 heterocycles. The number of ether oxygens (including phenoxy) is 2. The van der Waals surface area contributed by atoms with Crippen molar-refractivity contribution in [2.24, 2.45) is 0 Å². The van der Waals surface area contributed by atoms with E-state index in [0.29, 0.717) is 17.2 Å². The summed E-state index contributed by atoms with van der Waals surface area (Å²) in [5.41, 5.74) is 3.07. The predicted octanol–water partition coefficient (Wildman–Crippen LogP) is 4.25. The zero-order valence-corrected chi connectivity index (χ0v) is 18.7. The van der Waals surface area contributed by atoms with Crippen molar-refractivity contribution in [3.05, 3.63) is 77.4 Å². The zero-order chi connectivity index (χ0) is 22.7. The van der Waals surface area contributed by atoms with Crippen molar-refractivity contribution in [1.82, 2.24) is 0 Å². The molecule has 0 aliphatic heterocycles. The number of carbonyl (C=O) groups is 1. The summed E-state index contributed by atoms with van der Waals surface area (Å²) in [4.78, 5) is 13.2. The lowest BCUT2D eigenvalue weighted by molar-refractivity contribution is 0.102. The normalized spacial score (nSPS) is 12.7. The molecule has 166 valence electrons. The monoisotopic (exact) mass is 452 g/mol. The lowest BCUT2D eigenvalue weighted by Crippen LogP contribution is -2.19. The summed E-state index contributed by atoms with van der Waals surface area (Å²) in [7, 11) is -0.830. The first-order valence-corrected chi connectivity index (χ1v) is 11.7. The van der Waals surface area contributed by atoms with Crippen LogP contribution in [-0.2, 0) is 22.9 Å². The average molecular weight is 453 g/mol. The first kappa shape index (κ1) is 21.7. The fourth-order valence-corrected chi connectivity index (χ4v) is 4.91. The highest BCUT2D eigenvalue weighted by Crippen LogP contribution is 2.31. The third kappa shape index (κ3) is 4.40. The van der Waals surface area contributed by atoms with Gasteiger partial charge in [-0.25, -0.2) is 8.42 Å². The number of fused-ring (bicyclic) bond motifs is 1. The van der Waals surface area contributed by atoms with Gasteiger partial charge in [-0.15, -0.1) is 0 Å². The number of amides is 1. The van der Waals surface area contributed by atoms with Gasteiger partial charge in [-0.1, -0.05) is 18.2 Å². The number of methoxy groups -OCH3 is 2. The fourth-order valence-electron chi connectivity index (χ4n) is 3.78. The number of sulfonamides is 1. The lowest BCUT2D eigenvalue weighted by atomic mass is 10.1. The van der Waals surface area contributed by atoms with E-state index < -0.39 is 15.9 Å². The van der Waals surface area contributed by atoms with Crippen molar-refractivity contribution >= 4 is 27.3 Å². The molecule has 0 radical (unpaired) electrons. The van der Waals surface area contributed by atoms with Crippen molar-refractivity contribution in [2.75, 3.05) is 24.3 Å². The van der Waals surface area contributed by atoms with Crippen LogP contribution in [0.15, 0.2) is 65.6 Å². The molecule has 7 nitrogen and oxygen atoms in total. The molecule has 3 aromatic carbocycles. The zero-order valence-electron chi connectivity index (χ0n) is 17.8. The van der Waals surface area contributed by atoms with Gasteiger partial charge in [0.05, 0.1) is 36.1 Å². The van der Waals surface area contributed by atoms with Gasteiger partial charge in [-0.3, -0.25) is 9.52 Å². The minimum Gasteiger partial charge on any atom is -0.497 e. The highest BCUT2D eigenvalue weighted by molar-refractivity contribution is 7.92. The van der Waals surface area contributed by atoms with Crippen LogP contribution >= 0.6 is 0 Å². The highest BCUT2D eigenvalue weighted by atomic mass is 32.2. The van der Waals surface area contributed by atoms with Gasteiger partial charge in [-0.2, -0.15) is 0 Å². The molecule has 1 aliphatic rings. The summed E-state index contributed by atoms with van der Waals surface area (Å²) >= 11 is 0. The molecule has 2 N–H and O–H groups in total. The standard InChI is InChI=1S/C24H24N2O5S/c1-30-18-11-13-22(23(15-18)31-2)25-24(27)20-8-3-4-9-21(20)26-32(28,29)19-12-10-16-6-5-7-17(16)14-19/h3-4,8-15,26H,5-7H2,1-2H3,(H,25,27). The smallest absolute Gasteiger partial charge is 0.261 e. The maximum atomic E-state index is 13.0. The number of rotatable bonds is 7. The van der Waals surface area contributed by atoms with Crippen molar-refractivity contribution in [3.63, 3.8) is 0 Å². The molecule has 8 heteroatoms. The Morgan fingerprint density at radius 1 is 0.875 bits per heavy atom. The summed E-state index contributed by atoms with van der Waals surface area (Å²) < 4.78 is 39.1. The van der Waals surface area contributed by atoms with Crippen molar-refractivity contribution < 1.29 is 22.7 Å². The second-order valence-electron chi connectivity index (χ2n) is 7.46. The average Bonchev–Trinajstić information content (AvgIpc) is 3.27. The van der Waals surface area contributed by atoms with E-state index in [4.69, 9.17) is 9.47 Å². The van der Waals surface area contributed by atoms with E-state index in [2.05, 4.69) is 10.0 Å². The first-order chi connectivity index (χ1) is 15.4. The Bertz CT molecular complexity index is 1270. The molecule has 1 amide bonds. The molecule has 0 atom stereocenters. The van der Waals surface area contributed by atoms with E-state index in [1.165, 1.54) is 19.8 Å². The predicted molar refractivity (Wildman–Crippen MR) is 123 cm³/mol. The topological polar surface area (TPSA) is 93.7 Å². The second-order valence-corrected chi connectivity index (χ2v) is 9.14. The molecule has 0 fully saturated rings. The SMILES string of the molecule is COc1ccc(NC(=O)c2ccccc2NS(=O)(=O)c2ccc3c(c2)CCC3)c(OC)c1. The van der Waals surface area contributed by atoms with E-state index in [0.717, 1.165) is 24.8 Å². The Morgan fingerprint density at radius 2 is 1.66 bits per heavy atom. The number of carbonyl (C=O) groups excluding carboxylic acids is 1. The molecule has 0 spiro atoms. The Balaban J connectivity index is 1.60. The second kappa shape index (κ2) is 8.92. The van der Waals surface area contributed by atoms with Gasteiger partial charge in [0, 0.05) is 6.07 Å². The Labute approximate surface area is 187 Å². The number of anilines is 2. The molecule has 0 saturated heterocycles. The summed E-state index contributed by atoms with van der Waals surface area (Å²) in [6, 6.07) is 16.7. The number of hydrogen-bond acceptors (Lipinski definition) is 5. The third-order valence-electron chi connectivity index (χ3n) is 5.45. The maximum absolute atomic E-state index is 13.0. The largest absolute Gasteiger partial charge is 0.497 e. The fraction of sp³-hybridized carbons (Fsp3) is 0.208. The van der Waals surface area contributed by atoms with Gasteiger partial charge in [0.1, 0.15) is 11.5 Å². The lowest BCUT2D eigenvalue weighted by Gasteiger charge is -2.15. The number of benzene rings is 3. The van der Waals surface area contributed by atoms with Crippen LogP contribution in [0, 0.1) is 0 Å². The first-order valence-electron chi connectivity index (χ1n) is 10.2. The summed E-state index contributed by atoms with van der Waals surface area (Å²) in [5, 5.41) is 2.77. The van der Waals surface area contributed by atoms with E-state index in [-0.39, 0.29) is 16.1 Å². The minimum atomic E-state index is -3.86. The van der Waals surface area contributed by atoms with Crippen LogP contribution in [0.3, 0.4) is 0 Å². The number of nitrogens with one attached hydrogen (secondary N) is 2. The Hall–Kier alpha value is -3.52. The summed E-state index contributed by atoms with van der Waals surface area (Å²) in [6.45, 7) is 0. The van der Waals surface area contributed by atoms with Gasteiger partial charge in [0.25, 0.3) is 15.9 Å². The Morgan fingerprint density at radius 3 is 2.44 bits per heavy atom. The molecule has 3 aromatic rings. The molecular weight excluding hydrogens is 428 g/mol.